The second kappa shape index (κ2) is 5.65. The van der Waals surface area contributed by atoms with Gasteiger partial charge in [-0.3, -0.25) is 9.59 Å². The van der Waals surface area contributed by atoms with E-state index in [9.17, 15) is 9.59 Å². The van der Waals surface area contributed by atoms with E-state index >= 15 is 0 Å². The third-order valence-electron chi connectivity index (χ3n) is 3.79. The molecule has 1 unspecified atom stereocenters. The lowest BCUT2D eigenvalue weighted by atomic mass is 10.1. The van der Waals surface area contributed by atoms with E-state index in [4.69, 9.17) is 0 Å². The monoisotopic (exact) mass is 274 g/mol. The maximum absolute atomic E-state index is 12.2. The zero-order chi connectivity index (χ0) is 14.9. The molecule has 0 aromatic heterocycles. The Labute approximate surface area is 120 Å². The van der Waals surface area contributed by atoms with Gasteiger partial charge >= 0.3 is 0 Å². The van der Waals surface area contributed by atoms with E-state index in [1.165, 1.54) is 0 Å². The molecule has 1 saturated heterocycles. The lowest BCUT2D eigenvalue weighted by Crippen LogP contribution is -2.37. The van der Waals surface area contributed by atoms with Gasteiger partial charge in [0.05, 0.1) is 5.92 Å². The molecule has 4 heteroatoms. The molecule has 2 rings (SSSR count). The molecule has 4 nitrogen and oxygen atoms in total. The molecule has 1 atom stereocenters. The Kier molecular flexibility index (Phi) is 4.12. The van der Waals surface area contributed by atoms with Gasteiger partial charge in [0.15, 0.2) is 0 Å². The first-order valence-corrected chi connectivity index (χ1v) is 7.07. The van der Waals surface area contributed by atoms with Crippen molar-refractivity contribution in [2.45, 2.75) is 40.2 Å². The van der Waals surface area contributed by atoms with Crippen LogP contribution in [0.3, 0.4) is 0 Å². The number of amides is 2. The van der Waals surface area contributed by atoms with Crippen LogP contribution in [0.15, 0.2) is 18.2 Å². The summed E-state index contributed by atoms with van der Waals surface area (Å²) >= 11 is 0. The summed E-state index contributed by atoms with van der Waals surface area (Å²) in [6.07, 6.45) is 0.298. The molecular formula is C16H22N2O2. The molecule has 0 saturated carbocycles. The molecule has 1 N–H and O–H groups in total. The number of benzene rings is 1. The Morgan fingerprint density at radius 2 is 2.05 bits per heavy atom. The smallest absolute Gasteiger partial charge is 0.227 e. The Bertz CT molecular complexity index is 537. The maximum atomic E-state index is 12.2. The number of hydrogen-bond donors (Lipinski definition) is 1. The minimum atomic E-state index is -0.246. The molecule has 20 heavy (non-hydrogen) atoms. The number of rotatable bonds is 3. The van der Waals surface area contributed by atoms with Crippen LogP contribution in [0, 0.1) is 19.8 Å². The molecule has 1 aromatic rings. The van der Waals surface area contributed by atoms with Gasteiger partial charge in [0.25, 0.3) is 0 Å². The molecule has 0 radical (unpaired) electrons. The Morgan fingerprint density at radius 3 is 2.70 bits per heavy atom. The fourth-order valence-electron chi connectivity index (χ4n) is 2.55. The molecular weight excluding hydrogens is 252 g/mol. The second-order valence-corrected chi connectivity index (χ2v) is 5.79. The number of aryl methyl sites for hydroxylation is 1. The summed E-state index contributed by atoms with van der Waals surface area (Å²) in [6.45, 7) is 8.37. The van der Waals surface area contributed by atoms with E-state index in [0.717, 1.165) is 16.8 Å². The van der Waals surface area contributed by atoms with E-state index in [0.29, 0.717) is 13.0 Å². The van der Waals surface area contributed by atoms with Crippen LogP contribution in [0.2, 0.25) is 0 Å². The predicted molar refractivity (Wildman–Crippen MR) is 79.7 cm³/mol. The molecule has 1 aromatic carbocycles. The van der Waals surface area contributed by atoms with Gasteiger partial charge in [-0.25, -0.2) is 0 Å². The van der Waals surface area contributed by atoms with E-state index in [1.807, 2.05) is 45.9 Å². The van der Waals surface area contributed by atoms with Crippen molar-refractivity contribution in [2.75, 3.05) is 11.4 Å². The second-order valence-electron chi connectivity index (χ2n) is 5.79. The standard InChI is InChI=1S/C16H22N2O2/c1-10(2)17-16(20)13-8-15(19)18(9-13)14-7-5-6-11(3)12(14)4/h5-7,10,13H,8-9H2,1-4H3,(H,17,20). The summed E-state index contributed by atoms with van der Waals surface area (Å²) in [6, 6.07) is 6.03. The molecule has 1 fully saturated rings. The van der Waals surface area contributed by atoms with E-state index in [1.54, 1.807) is 4.90 Å². The lowest BCUT2D eigenvalue weighted by molar-refractivity contribution is -0.126. The number of hydrogen-bond acceptors (Lipinski definition) is 2. The molecule has 0 spiro atoms. The highest BCUT2D eigenvalue weighted by Crippen LogP contribution is 2.29. The summed E-state index contributed by atoms with van der Waals surface area (Å²) in [5.74, 6) is -0.242. The van der Waals surface area contributed by atoms with Gasteiger partial charge in [0.2, 0.25) is 11.8 Å². The minimum absolute atomic E-state index is 0.0267. The zero-order valence-electron chi connectivity index (χ0n) is 12.6. The lowest BCUT2D eigenvalue weighted by Gasteiger charge is -2.20. The molecule has 1 aliphatic heterocycles. The fourth-order valence-corrected chi connectivity index (χ4v) is 2.55. The van der Waals surface area contributed by atoms with E-state index in [-0.39, 0.29) is 23.8 Å². The fraction of sp³-hybridized carbons (Fsp3) is 0.500. The van der Waals surface area contributed by atoms with Crippen LogP contribution in [0.25, 0.3) is 0 Å². The van der Waals surface area contributed by atoms with Crippen molar-refractivity contribution in [1.82, 2.24) is 5.32 Å². The van der Waals surface area contributed by atoms with Crippen molar-refractivity contribution in [1.29, 1.82) is 0 Å². The number of nitrogens with one attached hydrogen (secondary N) is 1. The Hall–Kier alpha value is -1.84. The summed E-state index contributed by atoms with van der Waals surface area (Å²) in [5.41, 5.74) is 3.19. The average Bonchev–Trinajstić information content (AvgIpc) is 2.74. The van der Waals surface area contributed by atoms with Gasteiger partial charge in [-0.15, -0.1) is 0 Å². The number of nitrogens with zero attached hydrogens (tertiary/aromatic N) is 1. The van der Waals surface area contributed by atoms with Crippen molar-refractivity contribution in [3.63, 3.8) is 0 Å². The van der Waals surface area contributed by atoms with Gasteiger partial charge in [0.1, 0.15) is 0 Å². The first kappa shape index (κ1) is 14.6. The highest BCUT2D eigenvalue weighted by molar-refractivity contribution is 6.00. The van der Waals surface area contributed by atoms with Crippen molar-refractivity contribution in [3.8, 4) is 0 Å². The first-order chi connectivity index (χ1) is 9.40. The van der Waals surface area contributed by atoms with Gasteiger partial charge in [0, 0.05) is 24.7 Å². The van der Waals surface area contributed by atoms with E-state index in [2.05, 4.69) is 5.32 Å². The summed E-state index contributed by atoms with van der Waals surface area (Å²) in [7, 11) is 0. The van der Waals surface area contributed by atoms with Gasteiger partial charge in [-0.05, 0) is 44.9 Å². The molecule has 0 bridgehead atoms. The number of carbonyl (C=O) groups is 2. The van der Waals surface area contributed by atoms with Crippen molar-refractivity contribution >= 4 is 17.5 Å². The molecule has 108 valence electrons. The summed E-state index contributed by atoms with van der Waals surface area (Å²) in [5, 5.41) is 2.89. The van der Waals surface area contributed by atoms with Crippen molar-refractivity contribution in [2.24, 2.45) is 5.92 Å². The zero-order valence-corrected chi connectivity index (χ0v) is 12.6. The number of carbonyl (C=O) groups excluding carboxylic acids is 2. The average molecular weight is 274 g/mol. The Balaban J connectivity index is 2.17. The minimum Gasteiger partial charge on any atom is -0.354 e. The van der Waals surface area contributed by atoms with Crippen LogP contribution < -0.4 is 10.2 Å². The highest BCUT2D eigenvalue weighted by Gasteiger charge is 2.35. The van der Waals surface area contributed by atoms with Crippen LogP contribution >= 0.6 is 0 Å². The largest absolute Gasteiger partial charge is 0.354 e. The third kappa shape index (κ3) is 2.84. The molecule has 2 amide bonds. The van der Waals surface area contributed by atoms with Crippen molar-refractivity contribution < 1.29 is 9.59 Å². The maximum Gasteiger partial charge on any atom is 0.227 e. The first-order valence-electron chi connectivity index (χ1n) is 7.07. The quantitative estimate of drug-likeness (QED) is 0.918. The molecule has 1 heterocycles. The van der Waals surface area contributed by atoms with Gasteiger partial charge in [-0.1, -0.05) is 12.1 Å². The Morgan fingerprint density at radius 1 is 1.35 bits per heavy atom. The SMILES string of the molecule is Cc1cccc(N2CC(C(=O)NC(C)C)CC2=O)c1C. The van der Waals surface area contributed by atoms with Gasteiger partial charge in [-0.2, -0.15) is 0 Å². The van der Waals surface area contributed by atoms with Crippen molar-refractivity contribution in [3.05, 3.63) is 29.3 Å². The summed E-state index contributed by atoms with van der Waals surface area (Å²) in [4.78, 5) is 26.0. The van der Waals surface area contributed by atoms with Gasteiger partial charge < -0.3 is 10.2 Å². The van der Waals surface area contributed by atoms with Crippen LogP contribution in [-0.4, -0.2) is 24.4 Å². The third-order valence-corrected chi connectivity index (χ3v) is 3.79. The van der Waals surface area contributed by atoms with Crippen LogP contribution in [0.1, 0.15) is 31.4 Å². The van der Waals surface area contributed by atoms with E-state index < -0.39 is 0 Å². The van der Waals surface area contributed by atoms with Crippen LogP contribution in [-0.2, 0) is 9.59 Å². The molecule has 1 aliphatic rings. The highest BCUT2D eigenvalue weighted by atomic mass is 16.2. The van der Waals surface area contributed by atoms with Crippen LogP contribution in [0.4, 0.5) is 5.69 Å². The molecule has 0 aliphatic carbocycles. The summed E-state index contributed by atoms with van der Waals surface area (Å²) < 4.78 is 0. The normalized spacial score (nSPS) is 18.8. The number of anilines is 1. The van der Waals surface area contributed by atoms with Crippen LogP contribution in [0.5, 0.6) is 0 Å². The topological polar surface area (TPSA) is 49.4 Å². The predicted octanol–water partition coefficient (Wildman–Crippen LogP) is 2.18.